The minimum Gasteiger partial charge on any atom is -0.464 e. The number of furan rings is 1. The Morgan fingerprint density at radius 3 is 2.59 bits per heavy atom. The molecule has 1 aliphatic rings. The van der Waals surface area contributed by atoms with Gasteiger partial charge in [-0.1, -0.05) is 12.8 Å². The van der Waals surface area contributed by atoms with Crippen molar-refractivity contribution in [2.45, 2.75) is 65.3 Å². The third kappa shape index (κ3) is 3.15. The molecule has 2 aromatic heterocycles. The zero-order valence-electron chi connectivity index (χ0n) is 16.1. The Morgan fingerprint density at radius 2 is 1.85 bits per heavy atom. The molecular formula is C22H25NO4. The summed E-state index contributed by atoms with van der Waals surface area (Å²) in [5.41, 5.74) is 4.33. The lowest BCUT2D eigenvalue weighted by molar-refractivity contribution is -0.121. The summed E-state index contributed by atoms with van der Waals surface area (Å²) in [5.74, 6) is 0.0121. The maximum atomic E-state index is 12.6. The first-order chi connectivity index (χ1) is 13.0. The second-order valence-corrected chi connectivity index (χ2v) is 7.72. The number of aryl methyl sites for hydroxylation is 3. The van der Waals surface area contributed by atoms with Gasteiger partial charge in [-0.05, 0) is 57.2 Å². The molecular weight excluding hydrogens is 342 g/mol. The first-order valence-electron chi connectivity index (χ1n) is 9.68. The van der Waals surface area contributed by atoms with Gasteiger partial charge in [-0.25, -0.2) is 4.79 Å². The largest absolute Gasteiger partial charge is 0.464 e. The molecule has 0 radical (unpaired) electrons. The lowest BCUT2D eigenvalue weighted by Crippen LogP contribution is -2.33. The van der Waals surface area contributed by atoms with Crippen molar-refractivity contribution < 1.29 is 13.6 Å². The molecule has 1 saturated carbocycles. The molecule has 0 unspecified atom stereocenters. The van der Waals surface area contributed by atoms with E-state index in [2.05, 4.69) is 5.32 Å². The Bertz CT molecular complexity index is 1080. The van der Waals surface area contributed by atoms with E-state index in [1.54, 1.807) is 6.26 Å². The molecule has 4 rings (SSSR count). The molecule has 1 aliphatic carbocycles. The average molecular weight is 367 g/mol. The zero-order valence-corrected chi connectivity index (χ0v) is 16.1. The fourth-order valence-electron chi connectivity index (χ4n) is 4.22. The number of hydrogen-bond acceptors (Lipinski definition) is 4. The number of hydrogen-bond donors (Lipinski definition) is 1. The molecule has 0 atom stereocenters. The third-order valence-corrected chi connectivity index (χ3v) is 5.86. The quantitative estimate of drug-likeness (QED) is 0.691. The summed E-state index contributed by atoms with van der Waals surface area (Å²) in [6.07, 6.45) is 6.89. The minimum absolute atomic E-state index is 0.0121. The highest BCUT2D eigenvalue weighted by atomic mass is 16.4. The molecule has 0 bridgehead atoms. The van der Waals surface area contributed by atoms with Crippen LogP contribution in [0.3, 0.4) is 0 Å². The van der Waals surface area contributed by atoms with Gasteiger partial charge in [0.05, 0.1) is 6.26 Å². The van der Waals surface area contributed by atoms with Crippen LogP contribution in [0.15, 0.2) is 26.0 Å². The van der Waals surface area contributed by atoms with Crippen LogP contribution < -0.4 is 10.9 Å². The zero-order chi connectivity index (χ0) is 19.1. The summed E-state index contributed by atoms with van der Waals surface area (Å²) >= 11 is 0. The van der Waals surface area contributed by atoms with Gasteiger partial charge in [-0.15, -0.1) is 0 Å². The van der Waals surface area contributed by atoms with E-state index in [1.165, 1.54) is 12.8 Å². The summed E-state index contributed by atoms with van der Waals surface area (Å²) in [7, 11) is 0. The van der Waals surface area contributed by atoms with Crippen molar-refractivity contribution in [1.82, 2.24) is 5.32 Å². The normalized spacial score (nSPS) is 15.1. The van der Waals surface area contributed by atoms with Crippen LogP contribution in [0.25, 0.3) is 21.9 Å². The van der Waals surface area contributed by atoms with E-state index in [4.69, 9.17) is 8.83 Å². The van der Waals surface area contributed by atoms with Crippen molar-refractivity contribution in [2.75, 3.05) is 0 Å². The standard InChI is InChI=1S/C22H25NO4/c1-12-11-26-20-14(3)21-18(10-17(12)20)13(2)16(22(25)27-21)8-9-19(24)23-15-6-4-5-7-15/h10-11,15H,4-9H2,1-3H3,(H,23,24). The Morgan fingerprint density at radius 1 is 1.11 bits per heavy atom. The first-order valence-corrected chi connectivity index (χ1v) is 9.68. The molecule has 1 N–H and O–H groups in total. The number of benzene rings is 1. The smallest absolute Gasteiger partial charge is 0.339 e. The molecule has 0 spiro atoms. The Kier molecular flexibility index (Phi) is 4.54. The number of amides is 1. The van der Waals surface area contributed by atoms with Crippen molar-refractivity contribution in [3.63, 3.8) is 0 Å². The highest BCUT2D eigenvalue weighted by molar-refractivity contribution is 5.99. The summed E-state index contributed by atoms with van der Waals surface area (Å²) < 4.78 is 11.3. The molecule has 5 nitrogen and oxygen atoms in total. The van der Waals surface area contributed by atoms with Gasteiger partial charge < -0.3 is 14.2 Å². The van der Waals surface area contributed by atoms with E-state index < -0.39 is 0 Å². The van der Waals surface area contributed by atoms with Gasteiger partial charge in [0.25, 0.3) is 0 Å². The van der Waals surface area contributed by atoms with Crippen LogP contribution in [0.1, 0.15) is 54.4 Å². The van der Waals surface area contributed by atoms with Crippen molar-refractivity contribution in [3.05, 3.63) is 45.0 Å². The molecule has 142 valence electrons. The number of fused-ring (bicyclic) bond motifs is 2. The summed E-state index contributed by atoms with van der Waals surface area (Å²) in [4.78, 5) is 24.8. The van der Waals surface area contributed by atoms with Crippen LogP contribution in [0.5, 0.6) is 0 Å². The molecule has 2 heterocycles. The molecule has 0 aliphatic heterocycles. The van der Waals surface area contributed by atoms with Crippen LogP contribution in [0, 0.1) is 20.8 Å². The summed E-state index contributed by atoms with van der Waals surface area (Å²) in [6.45, 7) is 5.84. The summed E-state index contributed by atoms with van der Waals surface area (Å²) in [6, 6.07) is 2.32. The highest BCUT2D eigenvalue weighted by Gasteiger charge is 2.20. The molecule has 3 aromatic rings. The van der Waals surface area contributed by atoms with Crippen LogP contribution in [-0.4, -0.2) is 11.9 Å². The molecule has 1 fully saturated rings. The van der Waals surface area contributed by atoms with Crippen LogP contribution >= 0.6 is 0 Å². The van der Waals surface area contributed by atoms with Crippen molar-refractivity contribution in [2.24, 2.45) is 0 Å². The van der Waals surface area contributed by atoms with Gasteiger partial charge in [0.15, 0.2) is 0 Å². The third-order valence-electron chi connectivity index (χ3n) is 5.86. The number of carbonyl (C=O) groups excluding carboxylic acids is 1. The Labute approximate surface area is 157 Å². The van der Waals surface area contributed by atoms with Gasteiger partial charge in [0, 0.05) is 34.4 Å². The minimum atomic E-state index is -0.362. The number of carbonyl (C=O) groups is 1. The predicted octanol–water partition coefficient (Wildman–Crippen LogP) is 4.46. The van der Waals surface area contributed by atoms with Gasteiger partial charge in [0.1, 0.15) is 11.2 Å². The lowest BCUT2D eigenvalue weighted by atomic mass is 9.98. The highest BCUT2D eigenvalue weighted by Crippen LogP contribution is 2.32. The molecule has 0 saturated heterocycles. The summed E-state index contributed by atoms with van der Waals surface area (Å²) in [5, 5.41) is 5.02. The molecule has 5 heteroatoms. The van der Waals surface area contributed by atoms with Crippen molar-refractivity contribution >= 4 is 27.8 Å². The maximum absolute atomic E-state index is 12.6. The van der Waals surface area contributed by atoms with E-state index >= 15 is 0 Å². The fourth-order valence-corrected chi connectivity index (χ4v) is 4.22. The number of rotatable bonds is 4. The van der Waals surface area contributed by atoms with Crippen LogP contribution in [-0.2, 0) is 11.2 Å². The monoisotopic (exact) mass is 367 g/mol. The molecule has 1 amide bonds. The van der Waals surface area contributed by atoms with E-state index in [9.17, 15) is 9.59 Å². The van der Waals surface area contributed by atoms with E-state index in [-0.39, 0.29) is 11.5 Å². The Balaban J connectivity index is 1.66. The number of nitrogens with one attached hydrogen (secondary N) is 1. The lowest BCUT2D eigenvalue weighted by Gasteiger charge is -2.13. The topological polar surface area (TPSA) is 72.5 Å². The second kappa shape index (κ2) is 6.87. The fraction of sp³-hybridized carbons (Fsp3) is 0.455. The van der Waals surface area contributed by atoms with E-state index in [1.807, 2.05) is 26.8 Å². The van der Waals surface area contributed by atoms with Gasteiger partial charge in [-0.2, -0.15) is 0 Å². The van der Waals surface area contributed by atoms with Gasteiger partial charge in [-0.3, -0.25) is 4.79 Å². The molecule has 1 aromatic carbocycles. The first kappa shape index (κ1) is 17.8. The average Bonchev–Trinajstić information content (AvgIpc) is 3.26. The van der Waals surface area contributed by atoms with Gasteiger partial charge >= 0.3 is 5.63 Å². The van der Waals surface area contributed by atoms with Crippen molar-refractivity contribution in [1.29, 1.82) is 0 Å². The van der Waals surface area contributed by atoms with E-state index in [0.29, 0.717) is 30.0 Å². The van der Waals surface area contributed by atoms with E-state index in [0.717, 1.165) is 45.9 Å². The maximum Gasteiger partial charge on any atom is 0.339 e. The van der Waals surface area contributed by atoms with Crippen LogP contribution in [0.2, 0.25) is 0 Å². The SMILES string of the molecule is Cc1coc2c(C)c3oc(=O)c(CCC(=O)NC4CCCC4)c(C)c3cc12. The van der Waals surface area contributed by atoms with Crippen molar-refractivity contribution in [3.8, 4) is 0 Å². The second-order valence-electron chi connectivity index (χ2n) is 7.72. The Hall–Kier alpha value is -2.56. The molecule has 27 heavy (non-hydrogen) atoms. The predicted molar refractivity (Wildman–Crippen MR) is 105 cm³/mol. The van der Waals surface area contributed by atoms with Crippen LogP contribution in [0.4, 0.5) is 0 Å². The van der Waals surface area contributed by atoms with Gasteiger partial charge in [0.2, 0.25) is 5.91 Å².